The lowest BCUT2D eigenvalue weighted by Gasteiger charge is -2.23. The molecule has 180 valence electrons. The first-order valence-corrected chi connectivity index (χ1v) is 12.3. The van der Waals surface area contributed by atoms with Crippen LogP contribution in [-0.2, 0) is 12.0 Å². The van der Waals surface area contributed by atoms with Crippen LogP contribution < -0.4 is 5.73 Å². The van der Waals surface area contributed by atoms with E-state index < -0.39 is 11.7 Å². The van der Waals surface area contributed by atoms with E-state index in [2.05, 4.69) is 15.2 Å². The van der Waals surface area contributed by atoms with Crippen LogP contribution in [-0.4, -0.2) is 38.7 Å². The molecule has 2 aromatic heterocycles. The van der Waals surface area contributed by atoms with Gasteiger partial charge in [-0.3, -0.25) is 4.79 Å². The Morgan fingerprint density at radius 1 is 1.23 bits per heavy atom. The number of likely N-dealkylation sites (tertiary alicyclic amines) is 1. The van der Waals surface area contributed by atoms with Crippen molar-refractivity contribution >= 4 is 17.2 Å². The molecule has 35 heavy (non-hydrogen) atoms. The Labute approximate surface area is 206 Å². The number of rotatable bonds is 6. The zero-order chi connectivity index (χ0) is 24.6. The van der Waals surface area contributed by atoms with Gasteiger partial charge in [-0.05, 0) is 44.0 Å². The summed E-state index contributed by atoms with van der Waals surface area (Å²) < 4.78 is 20.3. The minimum absolute atomic E-state index is 0.0437. The van der Waals surface area contributed by atoms with Gasteiger partial charge in [-0.25, -0.2) is 9.37 Å². The number of nitrogens with zero attached hydrogens (tertiary/aromatic N) is 4. The number of benzene rings is 2. The van der Waals surface area contributed by atoms with Crippen molar-refractivity contribution < 1.29 is 13.6 Å². The van der Waals surface area contributed by atoms with Crippen LogP contribution in [0.1, 0.15) is 51.9 Å². The fourth-order valence-electron chi connectivity index (χ4n) is 4.39. The maximum absolute atomic E-state index is 14.3. The van der Waals surface area contributed by atoms with Gasteiger partial charge in [-0.1, -0.05) is 36.4 Å². The average Bonchev–Trinajstić information content (AvgIpc) is 3.59. The minimum atomic E-state index is -1.08. The Bertz CT molecular complexity index is 1340. The number of hydrogen-bond donors (Lipinski definition) is 1. The van der Waals surface area contributed by atoms with E-state index in [9.17, 15) is 9.18 Å². The van der Waals surface area contributed by atoms with Crippen LogP contribution in [0.25, 0.3) is 11.5 Å². The summed E-state index contributed by atoms with van der Waals surface area (Å²) in [6.07, 6.45) is -0.297. The molecule has 4 aromatic rings. The van der Waals surface area contributed by atoms with E-state index >= 15 is 0 Å². The number of amides is 1. The maximum Gasteiger partial charge on any atom is 0.254 e. The molecule has 3 atom stereocenters. The number of carbonyl (C=O) groups excluding carboxylic acids is 1. The van der Waals surface area contributed by atoms with Crippen molar-refractivity contribution in [3.63, 3.8) is 0 Å². The molecule has 1 saturated heterocycles. The molecule has 2 N–H and O–H groups in total. The van der Waals surface area contributed by atoms with E-state index in [0.717, 1.165) is 16.3 Å². The highest BCUT2D eigenvalue weighted by Crippen LogP contribution is 2.36. The van der Waals surface area contributed by atoms with E-state index in [1.807, 2.05) is 49.6 Å². The van der Waals surface area contributed by atoms with Gasteiger partial charge in [0, 0.05) is 28.6 Å². The smallest absolute Gasteiger partial charge is 0.254 e. The minimum Gasteiger partial charge on any atom is -0.419 e. The van der Waals surface area contributed by atoms with Gasteiger partial charge in [0.05, 0.1) is 18.1 Å². The Hall–Kier alpha value is -3.43. The molecule has 2 aromatic carbocycles. The van der Waals surface area contributed by atoms with Crippen molar-refractivity contribution in [3.8, 4) is 11.5 Å². The molecule has 0 bridgehead atoms. The van der Waals surface area contributed by atoms with E-state index in [1.165, 1.54) is 11.3 Å². The van der Waals surface area contributed by atoms with Gasteiger partial charge in [-0.2, -0.15) is 0 Å². The van der Waals surface area contributed by atoms with Crippen LogP contribution >= 0.6 is 11.3 Å². The zero-order valence-corrected chi connectivity index (χ0v) is 20.3. The van der Waals surface area contributed by atoms with E-state index in [0.29, 0.717) is 23.4 Å². The molecular formula is C26H26FN5O2S. The van der Waals surface area contributed by atoms with Crippen LogP contribution in [0.5, 0.6) is 0 Å². The van der Waals surface area contributed by atoms with Crippen LogP contribution in [0.2, 0.25) is 0 Å². The highest BCUT2D eigenvalue weighted by Gasteiger charge is 2.38. The second kappa shape index (κ2) is 9.31. The van der Waals surface area contributed by atoms with E-state index in [4.69, 9.17) is 10.2 Å². The number of carbonyl (C=O) groups is 1. The lowest BCUT2D eigenvalue weighted by atomic mass is 9.94. The number of hydrogen-bond acceptors (Lipinski definition) is 7. The molecule has 0 saturated carbocycles. The first kappa shape index (κ1) is 23.3. The predicted octanol–water partition coefficient (Wildman–Crippen LogP) is 4.84. The van der Waals surface area contributed by atoms with Crippen LogP contribution in [0.3, 0.4) is 0 Å². The SMILES string of the molecule is Cc1csc([C@H]2C[C@H](F)CN2C(=O)c2cccc(-c3nnc([C@@](C)(N)Cc4ccccc4)o3)c2)n1. The van der Waals surface area contributed by atoms with Gasteiger partial charge >= 0.3 is 0 Å². The van der Waals surface area contributed by atoms with Crippen LogP contribution in [0, 0.1) is 6.92 Å². The number of aromatic nitrogens is 3. The van der Waals surface area contributed by atoms with Crippen LogP contribution in [0.15, 0.2) is 64.4 Å². The summed E-state index contributed by atoms with van der Waals surface area (Å²) in [6.45, 7) is 3.78. The Balaban J connectivity index is 1.37. The van der Waals surface area contributed by atoms with Crippen molar-refractivity contribution in [2.24, 2.45) is 5.73 Å². The zero-order valence-electron chi connectivity index (χ0n) is 19.5. The summed E-state index contributed by atoms with van der Waals surface area (Å²) in [5, 5.41) is 11.0. The second-order valence-corrected chi connectivity index (χ2v) is 10.1. The molecule has 0 spiro atoms. The fourth-order valence-corrected chi connectivity index (χ4v) is 5.31. The van der Waals surface area contributed by atoms with Gasteiger partial charge in [0.2, 0.25) is 11.8 Å². The van der Waals surface area contributed by atoms with Gasteiger partial charge < -0.3 is 15.1 Å². The maximum atomic E-state index is 14.3. The Morgan fingerprint density at radius 3 is 2.77 bits per heavy atom. The van der Waals surface area contributed by atoms with Gasteiger partial charge in [0.25, 0.3) is 5.91 Å². The molecule has 0 radical (unpaired) electrons. The molecule has 0 aliphatic carbocycles. The molecule has 7 nitrogen and oxygen atoms in total. The molecule has 1 amide bonds. The van der Waals surface area contributed by atoms with Crippen molar-refractivity contribution in [1.82, 2.24) is 20.1 Å². The monoisotopic (exact) mass is 491 g/mol. The predicted molar refractivity (Wildman–Crippen MR) is 132 cm³/mol. The fraction of sp³-hybridized carbons (Fsp3) is 0.308. The number of nitrogens with two attached hydrogens (primary N) is 1. The third kappa shape index (κ3) is 4.87. The highest BCUT2D eigenvalue weighted by atomic mass is 32.1. The molecule has 5 rings (SSSR count). The van der Waals surface area contributed by atoms with Crippen LogP contribution in [0.4, 0.5) is 4.39 Å². The average molecular weight is 492 g/mol. The van der Waals surface area contributed by atoms with E-state index in [-0.39, 0.29) is 30.8 Å². The summed E-state index contributed by atoms with van der Waals surface area (Å²) in [7, 11) is 0. The molecule has 0 unspecified atom stereocenters. The summed E-state index contributed by atoms with van der Waals surface area (Å²) in [4.78, 5) is 19.4. The molecule has 1 aliphatic rings. The molecule has 1 aliphatic heterocycles. The normalized spacial score (nSPS) is 19.6. The number of halogens is 1. The van der Waals surface area contributed by atoms with E-state index in [1.54, 1.807) is 29.2 Å². The molecule has 1 fully saturated rings. The second-order valence-electron chi connectivity index (χ2n) is 9.21. The Morgan fingerprint density at radius 2 is 2.03 bits per heavy atom. The largest absolute Gasteiger partial charge is 0.419 e. The highest BCUT2D eigenvalue weighted by molar-refractivity contribution is 7.09. The summed E-state index contributed by atoms with van der Waals surface area (Å²) in [5.74, 6) is 0.334. The van der Waals surface area contributed by atoms with Crippen molar-refractivity contribution in [2.45, 2.75) is 44.4 Å². The summed E-state index contributed by atoms with van der Waals surface area (Å²) in [5.41, 5.74) is 8.61. The van der Waals surface area contributed by atoms with Crippen molar-refractivity contribution in [2.75, 3.05) is 6.54 Å². The van der Waals surface area contributed by atoms with Gasteiger partial charge in [0.15, 0.2) is 0 Å². The third-order valence-electron chi connectivity index (χ3n) is 6.12. The molecule has 9 heteroatoms. The first-order valence-electron chi connectivity index (χ1n) is 11.4. The third-order valence-corrected chi connectivity index (χ3v) is 7.18. The first-order chi connectivity index (χ1) is 16.8. The van der Waals surface area contributed by atoms with Gasteiger partial charge in [0.1, 0.15) is 11.2 Å². The van der Waals surface area contributed by atoms with Crippen molar-refractivity contribution in [3.05, 3.63) is 87.7 Å². The Kier molecular flexibility index (Phi) is 6.21. The quantitative estimate of drug-likeness (QED) is 0.414. The lowest BCUT2D eigenvalue weighted by Crippen LogP contribution is -2.35. The summed E-state index contributed by atoms with van der Waals surface area (Å²) in [6, 6.07) is 16.4. The van der Waals surface area contributed by atoms with Crippen molar-refractivity contribution in [1.29, 1.82) is 0 Å². The number of thiazole rings is 1. The standard InChI is InChI=1S/C26H26FN5O2S/c1-16-15-35-23(29-16)21-12-20(27)14-32(21)24(33)19-10-6-9-18(11-19)22-30-31-25(34-22)26(2,28)13-17-7-4-3-5-8-17/h3-11,15,20-21H,12-14,28H2,1-2H3/t20-,21+,26-/m0/s1. The molecule has 3 heterocycles. The summed E-state index contributed by atoms with van der Waals surface area (Å²) >= 11 is 1.45. The molecular weight excluding hydrogens is 465 g/mol. The number of alkyl halides is 1. The topological polar surface area (TPSA) is 98.1 Å². The number of aryl methyl sites for hydroxylation is 1. The lowest BCUT2D eigenvalue weighted by molar-refractivity contribution is 0.0728. The van der Waals surface area contributed by atoms with Gasteiger partial charge in [-0.15, -0.1) is 21.5 Å².